The van der Waals surface area contributed by atoms with Crippen LogP contribution < -0.4 is 15.1 Å². The van der Waals surface area contributed by atoms with E-state index in [0.717, 1.165) is 38.2 Å². The van der Waals surface area contributed by atoms with E-state index in [1.54, 1.807) is 13.0 Å². The standard InChI is InChI=1S/C28H42BN3O6/c1-8-34-26(33)25(20(2)3)23-19-24(30-36-23)35-18-17-31-13-15-32(16-14-31)22-11-9-21(10-12-22)29-37-27(4,5)28(6,7)38-29/h9-12,19-20,25H,8,13-18H2,1-7H3. The maximum atomic E-state index is 12.3. The molecule has 0 radical (unpaired) electrons. The van der Waals surface area contributed by atoms with Crippen molar-refractivity contribution in [3.05, 3.63) is 36.1 Å². The summed E-state index contributed by atoms with van der Waals surface area (Å²) in [4.78, 5) is 17.1. The van der Waals surface area contributed by atoms with E-state index in [1.807, 2.05) is 13.8 Å². The van der Waals surface area contributed by atoms with Gasteiger partial charge in [-0.3, -0.25) is 9.69 Å². The first-order valence-corrected chi connectivity index (χ1v) is 13.7. The van der Waals surface area contributed by atoms with Gasteiger partial charge < -0.3 is 28.2 Å². The normalized spacial score (nSPS) is 20.1. The zero-order valence-electron chi connectivity index (χ0n) is 23.9. The lowest BCUT2D eigenvalue weighted by Crippen LogP contribution is -2.47. The molecule has 0 amide bonds. The van der Waals surface area contributed by atoms with Crippen molar-refractivity contribution in [2.24, 2.45) is 5.92 Å². The first-order valence-electron chi connectivity index (χ1n) is 13.7. The summed E-state index contributed by atoms with van der Waals surface area (Å²) in [6, 6.07) is 10.2. The SMILES string of the molecule is CCOC(=O)C(c1cc(OCCN2CCN(c3ccc(B4OC(C)(C)C(C)(C)O4)cc3)CC2)no1)C(C)C. The molecule has 1 aromatic heterocycles. The van der Waals surface area contributed by atoms with Gasteiger partial charge in [-0.25, -0.2) is 0 Å². The smallest absolute Gasteiger partial charge is 0.474 e. The van der Waals surface area contributed by atoms with E-state index in [1.165, 1.54) is 5.69 Å². The number of carbonyl (C=O) groups excluding carboxylic acids is 1. The summed E-state index contributed by atoms with van der Waals surface area (Å²) in [7, 11) is -0.340. The third kappa shape index (κ3) is 6.35. The Balaban J connectivity index is 1.22. The number of nitrogens with zero attached hydrogens (tertiary/aromatic N) is 3. The van der Waals surface area contributed by atoms with E-state index in [0.29, 0.717) is 24.9 Å². The van der Waals surface area contributed by atoms with Crippen LogP contribution in [0, 0.1) is 5.92 Å². The van der Waals surface area contributed by atoms with Gasteiger partial charge in [0.15, 0.2) is 5.76 Å². The van der Waals surface area contributed by atoms with Crippen molar-refractivity contribution in [1.29, 1.82) is 0 Å². The van der Waals surface area contributed by atoms with Gasteiger partial charge in [0, 0.05) is 44.5 Å². The third-order valence-electron chi connectivity index (χ3n) is 7.83. The van der Waals surface area contributed by atoms with Crippen LogP contribution in [0.2, 0.25) is 0 Å². The molecule has 2 aliphatic rings. The Kier molecular flexibility index (Phi) is 8.74. The van der Waals surface area contributed by atoms with Crippen molar-refractivity contribution < 1.29 is 28.1 Å². The molecule has 4 rings (SSSR count). The lowest BCUT2D eigenvalue weighted by Gasteiger charge is -2.36. The van der Waals surface area contributed by atoms with Gasteiger partial charge in [0.05, 0.1) is 17.8 Å². The Labute approximate surface area is 226 Å². The minimum Gasteiger partial charge on any atom is -0.474 e. The Morgan fingerprint density at radius 2 is 1.68 bits per heavy atom. The van der Waals surface area contributed by atoms with E-state index < -0.39 is 5.92 Å². The highest BCUT2D eigenvalue weighted by atomic mass is 16.7. The predicted octanol–water partition coefficient (Wildman–Crippen LogP) is 3.48. The van der Waals surface area contributed by atoms with Crippen LogP contribution in [0.25, 0.3) is 0 Å². The molecule has 2 aliphatic heterocycles. The molecule has 10 heteroatoms. The van der Waals surface area contributed by atoms with Crippen molar-refractivity contribution in [3.8, 4) is 5.88 Å². The first kappa shape index (κ1) is 28.5. The van der Waals surface area contributed by atoms with Gasteiger partial charge in [0.2, 0.25) is 0 Å². The van der Waals surface area contributed by atoms with E-state index in [9.17, 15) is 4.79 Å². The number of aromatic nitrogens is 1. The molecule has 1 atom stereocenters. The lowest BCUT2D eigenvalue weighted by atomic mass is 9.79. The van der Waals surface area contributed by atoms with Crippen LogP contribution in [0.3, 0.4) is 0 Å². The second-order valence-electron chi connectivity index (χ2n) is 11.4. The number of anilines is 1. The molecule has 208 valence electrons. The quantitative estimate of drug-likeness (QED) is 0.341. The second-order valence-corrected chi connectivity index (χ2v) is 11.4. The van der Waals surface area contributed by atoms with Gasteiger partial charge in [-0.1, -0.05) is 26.0 Å². The number of piperazine rings is 1. The summed E-state index contributed by atoms with van der Waals surface area (Å²) >= 11 is 0. The van der Waals surface area contributed by atoms with Crippen LogP contribution in [0.4, 0.5) is 5.69 Å². The summed E-state index contributed by atoms with van der Waals surface area (Å²) in [6.07, 6.45) is 0. The number of hydrogen-bond acceptors (Lipinski definition) is 9. The molecular formula is C28H42BN3O6. The molecule has 2 fully saturated rings. The molecule has 2 saturated heterocycles. The predicted molar refractivity (Wildman–Crippen MR) is 147 cm³/mol. The molecule has 1 aromatic carbocycles. The number of esters is 1. The van der Waals surface area contributed by atoms with E-state index in [2.05, 4.69) is 66.9 Å². The topological polar surface area (TPSA) is 86.5 Å². The Bertz CT molecular complexity index is 1050. The van der Waals surface area contributed by atoms with Crippen molar-refractivity contribution in [2.45, 2.75) is 65.6 Å². The largest absolute Gasteiger partial charge is 0.494 e. The lowest BCUT2D eigenvalue weighted by molar-refractivity contribution is -0.146. The molecule has 3 heterocycles. The Hall–Kier alpha value is -2.56. The average molecular weight is 527 g/mol. The second kappa shape index (κ2) is 11.7. The molecule has 9 nitrogen and oxygen atoms in total. The van der Waals surface area contributed by atoms with Crippen molar-refractivity contribution in [1.82, 2.24) is 10.1 Å². The highest BCUT2D eigenvalue weighted by Crippen LogP contribution is 2.36. The van der Waals surface area contributed by atoms with E-state index >= 15 is 0 Å². The Morgan fingerprint density at radius 1 is 1.05 bits per heavy atom. The van der Waals surface area contributed by atoms with Crippen LogP contribution >= 0.6 is 0 Å². The van der Waals surface area contributed by atoms with Gasteiger partial charge in [-0.05, 0) is 63.3 Å². The highest BCUT2D eigenvalue weighted by molar-refractivity contribution is 6.62. The van der Waals surface area contributed by atoms with Gasteiger partial charge in [-0.15, -0.1) is 0 Å². The highest BCUT2D eigenvalue weighted by Gasteiger charge is 2.51. The summed E-state index contributed by atoms with van der Waals surface area (Å²) < 4.78 is 28.8. The summed E-state index contributed by atoms with van der Waals surface area (Å²) in [5.74, 6) is 0.123. The summed E-state index contributed by atoms with van der Waals surface area (Å²) in [6.45, 7) is 19.4. The molecule has 0 N–H and O–H groups in total. The molecule has 2 aromatic rings. The maximum Gasteiger partial charge on any atom is 0.494 e. The number of benzene rings is 1. The van der Waals surface area contributed by atoms with Gasteiger partial charge in [0.25, 0.3) is 5.88 Å². The van der Waals surface area contributed by atoms with Crippen molar-refractivity contribution in [2.75, 3.05) is 50.8 Å². The zero-order chi connectivity index (χ0) is 27.5. The third-order valence-corrected chi connectivity index (χ3v) is 7.83. The van der Waals surface area contributed by atoms with Gasteiger partial charge in [-0.2, -0.15) is 0 Å². The number of ether oxygens (including phenoxy) is 2. The van der Waals surface area contributed by atoms with E-state index in [-0.39, 0.29) is 30.2 Å². The molecule has 0 bridgehead atoms. The number of rotatable bonds is 10. The van der Waals surface area contributed by atoms with Crippen LogP contribution in [0.5, 0.6) is 5.88 Å². The van der Waals surface area contributed by atoms with Crippen LogP contribution in [-0.2, 0) is 18.8 Å². The monoisotopic (exact) mass is 527 g/mol. The van der Waals surface area contributed by atoms with E-state index in [4.69, 9.17) is 23.3 Å². The maximum absolute atomic E-state index is 12.3. The van der Waals surface area contributed by atoms with Crippen LogP contribution in [0.15, 0.2) is 34.9 Å². The van der Waals surface area contributed by atoms with Crippen molar-refractivity contribution >= 4 is 24.2 Å². The molecular weight excluding hydrogens is 485 g/mol. The van der Waals surface area contributed by atoms with Crippen LogP contribution in [0.1, 0.15) is 60.1 Å². The van der Waals surface area contributed by atoms with Crippen LogP contribution in [-0.4, -0.2) is 80.3 Å². The molecule has 38 heavy (non-hydrogen) atoms. The number of hydrogen-bond donors (Lipinski definition) is 0. The minimum absolute atomic E-state index is 0.0334. The fourth-order valence-corrected chi connectivity index (χ4v) is 4.77. The first-order chi connectivity index (χ1) is 18.0. The van der Waals surface area contributed by atoms with Crippen molar-refractivity contribution in [3.63, 3.8) is 0 Å². The fourth-order valence-electron chi connectivity index (χ4n) is 4.77. The average Bonchev–Trinajstić information content (AvgIpc) is 3.40. The molecule has 0 aliphatic carbocycles. The molecule has 1 unspecified atom stereocenters. The fraction of sp³-hybridized carbons (Fsp3) is 0.643. The summed E-state index contributed by atoms with van der Waals surface area (Å²) in [5.41, 5.74) is 1.57. The zero-order valence-corrected chi connectivity index (χ0v) is 23.9. The molecule has 0 saturated carbocycles. The van der Waals surface area contributed by atoms with Gasteiger partial charge >= 0.3 is 13.1 Å². The minimum atomic E-state index is -0.487. The molecule has 0 spiro atoms. The Morgan fingerprint density at radius 3 is 2.26 bits per heavy atom. The summed E-state index contributed by atoms with van der Waals surface area (Å²) in [5, 5.41) is 4.00. The van der Waals surface area contributed by atoms with Gasteiger partial charge in [0.1, 0.15) is 12.5 Å². The number of carbonyl (C=O) groups is 1.